The van der Waals surface area contributed by atoms with Gasteiger partial charge in [-0.05, 0) is 72.5 Å². The highest BCUT2D eigenvalue weighted by atomic mass is 16.6. The summed E-state index contributed by atoms with van der Waals surface area (Å²) in [6, 6.07) is -3.78. The van der Waals surface area contributed by atoms with E-state index in [9.17, 15) is 57.8 Å². The van der Waals surface area contributed by atoms with Crippen molar-refractivity contribution in [1.29, 1.82) is 0 Å². The van der Waals surface area contributed by atoms with E-state index >= 15 is 0 Å². The number of carboxylic acids is 1. The summed E-state index contributed by atoms with van der Waals surface area (Å²) in [4.78, 5) is 166. The van der Waals surface area contributed by atoms with Crippen molar-refractivity contribution in [3.8, 4) is 5.75 Å². The average Bonchev–Trinajstić information content (AvgIpc) is 3.63. The first-order valence-electron chi connectivity index (χ1n) is 28.9. The van der Waals surface area contributed by atoms with Gasteiger partial charge in [-0.1, -0.05) is 108 Å². The zero-order valence-electron chi connectivity index (χ0n) is 51.8. The molecule has 2 fully saturated rings. The van der Waals surface area contributed by atoms with E-state index in [-0.39, 0.29) is 19.4 Å². The number of esters is 1. The summed E-state index contributed by atoms with van der Waals surface area (Å²) in [7, 11) is 8.27. The first-order valence-corrected chi connectivity index (χ1v) is 28.9. The molecular formula is C59H95N9O14. The van der Waals surface area contributed by atoms with Crippen LogP contribution in [0.2, 0.25) is 0 Å². The van der Waals surface area contributed by atoms with E-state index in [4.69, 9.17) is 9.47 Å². The number of likely N-dealkylation sites (N-methyl/N-ethyl adjacent to an activating group) is 5. The molecule has 1 aromatic carbocycles. The highest BCUT2D eigenvalue weighted by Crippen LogP contribution is 2.27. The molecule has 1 aromatic rings. The summed E-state index contributed by atoms with van der Waals surface area (Å²) in [5, 5.41) is 18.5. The van der Waals surface area contributed by atoms with Gasteiger partial charge in [0.25, 0.3) is 5.91 Å². The first-order chi connectivity index (χ1) is 38.3. The van der Waals surface area contributed by atoms with Gasteiger partial charge < -0.3 is 59.9 Å². The molecule has 3 rings (SSSR count). The normalized spacial score (nSPS) is 26.4. The lowest BCUT2D eigenvalue weighted by atomic mass is 9.92. The number of rotatable bonds is 13. The van der Waals surface area contributed by atoms with Crippen molar-refractivity contribution < 1.29 is 67.3 Å². The van der Waals surface area contributed by atoms with Gasteiger partial charge in [-0.3, -0.25) is 47.9 Å². The number of ether oxygens (including phenoxy) is 2. The number of piperidine rings is 1. The number of carbonyl (C=O) groups is 11. The Hall–Kier alpha value is -6.81. The fraction of sp³-hybridized carbons (Fsp3) is 0.712. The smallest absolute Gasteiger partial charge is 0.329 e. The molecule has 2 saturated heterocycles. The van der Waals surface area contributed by atoms with Crippen LogP contribution in [0.4, 0.5) is 0 Å². The minimum Gasteiger partial charge on any atom is -0.497 e. The van der Waals surface area contributed by atoms with Crippen LogP contribution in [-0.2, 0) is 63.9 Å². The highest BCUT2D eigenvalue weighted by molar-refractivity contribution is 5.99. The van der Waals surface area contributed by atoms with Crippen LogP contribution in [0.3, 0.4) is 0 Å². The van der Waals surface area contributed by atoms with Crippen molar-refractivity contribution in [1.82, 2.24) is 45.3 Å². The lowest BCUT2D eigenvalue weighted by Crippen LogP contribution is -2.63. The molecule has 9 amide bonds. The summed E-state index contributed by atoms with van der Waals surface area (Å²) >= 11 is 0. The molecule has 0 saturated carbocycles. The van der Waals surface area contributed by atoms with Gasteiger partial charge in [0.05, 0.1) is 20.1 Å². The summed E-state index contributed by atoms with van der Waals surface area (Å²) in [6.45, 7) is 20.0. The molecule has 4 N–H and O–H groups in total. The molecule has 11 atom stereocenters. The van der Waals surface area contributed by atoms with Gasteiger partial charge in [0.2, 0.25) is 47.3 Å². The van der Waals surface area contributed by atoms with Gasteiger partial charge in [-0.25, -0.2) is 4.79 Å². The van der Waals surface area contributed by atoms with Crippen LogP contribution in [0.25, 0.3) is 0 Å². The molecule has 0 spiro atoms. The number of fused-ring (bicyclic) bond motifs is 1. The number of cyclic esters (lactones) is 1. The van der Waals surface area contributed by atoms with Crippen molar-refractivity contribution in [2.24, 2.45) is 35.5 Å². The van der Waals surface area contributed by atoms with Crippen molar-refractivity contribution in [3.63, 3.8) is 0 Å². The minimum absolute atomic E-state index is 0.105. The van der Waals surface area contributed by atoms with Crippen LogP contribution in [0.5, 0.6) is 5.75 Å². The monoisotopic (exact) mass is 1150 g/mol. The van der Waals surface area contributed by atoms with Gasteiger partial charge >= 0.3 is 11.9 Å². The van der Waals surface area contributed by atoms with Gasteiger partial charge in [-0.15, -0.1) is 0 Å². The fourth-order valence-electron chi connectivity index (χ4n) is 11.0. The standard InChI is InChI=1S/C59H95N9O14/c1-19-36(11)48-51(72)60-31-43(69)64(14)46(33(5)6)52(73)61-40(29-38-24-26-39(81-18)27-25-38)59(80)82-50(35(9)10)58(79)68-28-22-21-23-41(68)54(75)65(15)47(34(7)8)53(74)62-45(32(3)4)56(77)63(13)42(30-44(70)71)55(76)67(17)49(37(12)20-2)57(78)66(48)16/h24-27,32-37,40-42,45-50H,19-23,28-31H2,1-18H3,(H,60,72)(H,61,73)(H,62,74)(H,70,71). The number of aliphatic carboxylic acids is 1. The van der Waals surface area contributed by atoms with Crippen LogP contribution in [0.1, 0.15) is 127 Å². The number of benzene rings is 1. The number of hydrogen-bond donors (Lipinski definition) is 4. The Bertz CT molecular complexity index is 2430. The topological polar surface area (TPSA) is 282 Å². The quantitative estimate of drug-likeness (QED) is 0.207. The molecule has 23 heteroatoms. The van der Waals surface area contributed by atoms with Gasteiger partial charge in [0, 0.05) is 48.2 Å². The Morgan fingerprint density at radius 3 is 1.65 bits per heavy atom. The maximum atomic E-state index is 14.9. The third-order valence-corrected chi connectivity index (χ3v) is 16.3. The maximum Gasteiger partial charge on any atom is 0.329 e. The van der Waals surface area contributed by atoms with Gasteiger partial charge in [0.15, 0.2) is 6.10 Å². The number of hydrogen-bond acceptors (Lipinski definition) is 13. The molecule has 11 unspecified atom stereocenters. The van der Waals surface area contributed by atoms with Gasteiger partial charge in [0.1, 0.15) is 54.1 Å². The van der Waals surface area contributed by atoms with E-state index in [0.29, 0.717) is 37.0 Å². The largest absolute Gasteiger partial charge is 0.497 e. The van der Waals surface area contributed by atoms with Crippen molar-refractivity contribution in [2.75, 3.05) is 55.4 Å². The predicted octanol–water partition coefficient (Wildman–Crippen LogP) is 2.96. The van der Waals surface area contributed by atoms with E-state index in [2.05, 4.69) is 16.0 Å². The zero-order valence-corrected chi connectivity index (χ0v) is 51.8. The summed E-state index contributed by atoms with van der Waals surface area (Å²) in [5.74, 6) is -12.0. The third-order valence-electron chi connectivity index (χ3n) is 16.3. The lowest BCUT2D eigenvalue weighted by molar-refractivity contribution is -0.169. The number of methoxy groups -OCH3 is 1. The Morgan fingerprint density at radius 2 is 1.13 bits per heavy atom. The van der Waals surface area contributed by atoms with E-state index in [1.165, 1.54) is 57.0 Å². The van der Waals surface area contributed by atoms with E-state index < -0.39 is 168 Å². The van der Waals surface area contributed by atoms with Crippen LogP contribution in [0.15, 0.2) is 24.3 Å². The van der Waals surface area contributed by atoms with Crippen molar-refractivity contribution in [3.05, 3.63) is 29.8 Å². The number of nitrogens with zero attached hydrogens (tertiary/aromatic N) is 6. The first kappa shape index (κ1) is 69.5. The molecule has 23 nitrogen and oxygen atoms in total. The fourth-order valence-corrected chi connectivity index (χ4v) is 11.0. The van der Waals surface area contributed by atoms with E-state index in [0.717, 1.165) is 14.7 Å². The second kappa shape index (κ2) is 31.0. The average molecular weight is 1150 g/mol. The third kappa shape index (κ3) is 17.1. The molecule has 82 heavy (non-hydrogen) atoms. The second-order valence-electron chi connectivity index (χ2n) is 23.7. The Morgan fingerprint density at radius 1 is 0.610 bits per heavy atom. The van der Waals surface area contributed by atoms with Crippen LogP contribution < -0.4 is 20.7 Å². The molecule has 2 heterocycles. The van der Waals surface area contributed by atoms with Gasteiger partial charge in [-0.2, -0.15) is 0 Å². The van der Waals surface area contributed by atoms with Crippen LogP contribution in [-0.4, -0.2) is 209 Å². The summed E-state index contributed by atoms with van der Waals surface area (Å²) in [5.41, 5.74) is 0.584. The second-order valence-corrected chi connectivity index (χ2v) is 23.7. The summed E-state index contributed by atoms with van der Waals surface area (Å²) < 4.78 is 11.4. The zero-order chi connectivity index (χ0) is 62.4. The predicted molar refractivity (Wildman–Crippen MR) is 306 cm³/mol. The Labute approximate surface area is 485 Å². The van der Waals surface area contributed by atoms with E-state index in [1.54, 1.807) is 100 Å². The maximum absolute atomic E-state index is 14.9. The Balaban J connectivity index is 2.32. The molecule has 0 aliphatic carbocycles. The number of carbonyl (C=O) groups excluding carboxylic acids is 10. The van der Waals surface area contributed by atoms with Crippen LogP contribution >= 0.6 is 0 Å². The molecule has 2 aliphatic rings. The molecular weight excluding hydrogens is 1060 g/mol. The molecule has 460 valence electrons. The number of nitrogens with one attached hydrogen (secondary N) is 3. The molecule has 2 aliphatic heterocycles. The van der Waals surface area contributed by atoms with E-state index in [1.807, 2.05) is 6.92 Å². The Kier molecular flexibility index (Phi) is 26.3. The van der Waals surface area contributed by atoms with Crippen molar-refractivity contribution >= 4 is 65.1 Å². The number of amides is 9. The lowest BCUT2D eigenvalue weighted by Gasteiger charge is -2.41. The van der Waals surface area contributed by atoms with Crippen molar-refractivity contribution in [2.45, 2.75) is 182 Å². The molecule has 0 bridgehead atoms. The van der Waals surface area contributed by atoms with Crippen LogP contribution in [0, 0.1) is 35.5 Å². The molecule has 0 radical (unpaired) electrons. The SMILES string of the molecule is CCC(C)C1C(=O)N(C)C(C(C)CC)C(=O)NCC(=O)N(C)C(C(C)C)C(=O)NC(Cc2ccc(OC)cc2)C(=O)OC(C(C)C)C(=O)N2CCCCC2C(=O)N(C)C(C(C)C)C(=O)NC(C(C)C)C(=O)N(C)C(CC(=O)O)C(=O)N1C. The molecule has 0 aromatic heterocycles. The minimum atomic E-state index is -1.69. The highest BCUT2D eigenvalue weighted by Gasteiger charge is 2.46. The summed E-state index contributed by atoms with van der Waals surface area (Å²) in [6.07, 6.45) is -0.480. The number of carboxylic acid groups (broad SMARTS) is 1.